The number of likely N-dealkylation sites (N-methyl/N-ethyl adjacent to an activating group) is 1. The van der Waals surface area contributed by atoms with E-state index in [1.165, 1.54) is 0 Å². The highest BCUT2D eigenvalue weighted by atomic mass is 16.8. The van der Waals surface area contributed by atoms with Gasteiger partial charge in [0.15, 0.2) is 12.6 Å². The standard InChI is InChI=1S/C50H66N4O17/c1-4-35-39(57)40(58)37(54-50(62)65-27-31-18-12-7-13-19-31)46(67-35)70-43-36(24-55)68-47(41(43)59)71-44-38(56)34(53-49(61)64-26-30-16-10-6-11-17-30)22-28(2)42(44)69-45-33(21-20-32(66-45)23-51-3)52-48(60)63-25-29-14-8-5-9-15-29/h5-20,28,33-47,51,55-59H,4,21-27H2,1-3H3,(H,52,60)(H,53,61)(H,54,62)/t28-,33+,34+,35?,36+,37+,38-,39+,40+,41+,42+,43+,44+,45+,46+,47-/m0/s1. The summed E-state index contributed by atoms with van der Waals surface area (Å²) in [4.78, 5) is 39.5. The highest BCUT2D eigenvalue weighted by molar-refractivity contribution is 5.68. The van der Waals surface area contributed by atoms with E-state index in [-0.39, 0.29) is 39.1 Å². The van der Waals surface area contributed by atoms with Crippen LogP contribution in [0.25, 0.3) is 0 Å². The molecule has 3 aromatic carbocycles. The lowest BCUT2D eigenvalue weighted by Gasteiger charge is -2.46. The Kier molecular flexibility index (Phi) is 19.4. The third-order valence-electron chi connectivity index (χ3n) is 12.8. The summed E-state index contributed by atoms with van der Waals surface area (Å²) in [5, 5.41) is 68.1. The number of amides is 3. The zero-order chi connectivity index (χ0) is 50.4. The number of benzene rings is 3. The highest BCUT2D eigenvalue weighted by Crippen LogP contribution is 2.37. The summed E-state index contributed by atoms with van der Waals surface area (Å²) >= 11 is 0. The quantitative estimate of drug-likeness (QED) is 0.0779. The molecule has 9 N–H and O–H groups in total. The Labute approximate surface area is 411 Å². The van der Waals surface area contributed by atoms with Crippen LogP contribution in [-0.4, -0.2) is 156 Å². The summed E-state index contributed by atoms with van der Waals surface area (Å²) in [5.74, 6) is -0.0150. The molecule has 388 valence electrons. The van der Waals surface area contributed by atoms with Gasteiger partial charge < -0.3 is 89.4 Å². The summed E-state index contributed by atoms with van der Waals surface area (Å²) in [6, 6.07) is 23.8. The molecule has 16 atom stereocenters. The molecule has 1 unspecified atom stereocenters. The fraction of sp³-hybridized carbons (Fsp3) is 0.540. The average molecular weight is 995 g/mol. The second-order valence-corrected chi connectivity index (χ2v) is 17.9. The fourth-order valence-corrected chi connectivity index (χ4v) is 8.99. The molecule has 4 aliphatic rings. The van der Waals surface area contributed by atoms with E-state index >= 15 is 0 Å². The Morgan fingerprint density at radius 3 is 1.65 bits per heavy atom. The molecule has 21 nitrogen and oxygen atoms in total. The van der Waals surface area contributed by atoms with Crippen molar-refractivity contribution in [2.45, 2.75) is 145 Å². The van der Waals surface area contributed by atoms with Gasteiger partial charge in [-0.2, -0.15) is 0 Å². The molecule has 0 radical (unpaired) electrons. The van der Waals surface area contributed by atoms with Gasteiger partial charge in [-0.25, -0.2) is 14.4 Å². The maximum absolute atomic E-state index is 13.2. The normalized spacial score (nSPS) is 32.6. The molecule has 3 heterocycles. The van der Waals surface area contributed by atoms with Crippen molar-refractivity contribution in [3.05, 3.63) is 120 Å². The van der Waals surface area contributed by atoms with Crippen LogP contribution >= 0.6 is 0 Å². The van der Waals surface area contributed by atoms with Gasteiger partial charge in [-0.3, -0.25) is 0 Å². The SMILES string of the molecule is CCC1O[C@H](O[C@H]2[C@@H](O)[C@H](O[C@@H]3[C@@H](O)[C@H](NC(=O)OCc4ccccc4)C[C@H](C)[C@H]3O[C@H]3OC(CNC)=CC[C@H]3NC(=O)OCc3ccccc3)O[C@@H]2CO)[C@H](NC(=O)OCc2ccccc2)[C@@H](O)[C@@H]1O. The lowest BCUT2D eigenvalue weighted by atomic mass is 9.80. The maximum Gasteiger partial charge on any atom is 0.407 e. The van der Waals surface area contributed by atoms with Gasteiger partial charge in [-0.15, -0.1) is 0 Å². The number of nitrogens with one attached hydrogen (secondary N) is 4. The molecule has 1 aliphatic carbocycles. The van der Waals surface area contributed by atoms with Gasteiger partial charge >= 0.3 is 18.3 Å². The number of ether oxygens (including phenoxy) is 9. The molecule has 3 aliphatic heterocycles. The molecule has 0 spiro atoms. The largest absolute Gasteiger partial charge is 0.466 e. The van der Waals surface area contributed by atoms with Gasteiger partial charge in [0.05, 0.1) is 37.4 Å². The molecule has 3 fully saturated rings. The van der Waals surface area contributed by atoms with Crippen LogP contribution in [0.2, 0.25) is 0 Å². The van der Waals surface area contributed by atoms with Gasteiger partial charge in [-0.05, 0) is 55.0 Å². The summed E-state index contributed by atoms with van der Waals surface area (Å²) < 4.78 is 54.2. The van der Waals surface area contributed by atoms with Crippen LogP contribution in [0, 0.1) is 5.92 Å². The van der Waals surface area contributed by atoms with Crippen LogP contribution in [-0.2, 0) is 62.5 Å². The van der Waals surface area contributed by atoms with Crippen molar-refractivity contribution < 1.29 is 82.5 Å². The molecule has 7 rings (SSSR count). The molecule has 2 saturated heterocycles. The van der Waals surface area contributed by atoms with Crippen molar-refractivity contribution in [3.8, 4) is 0 Å². The van der Waals surface area contributed by atoms with Crippen LogP contribution < -0.4 is 21.3 Å². The van der Waals surface area contributed by atoms with Crippen LogP contribution in [0.15, 0.2) is 103 Å². The first kappa shape index (κ1) is 53.4. The van der Waals surface area contributed by atoms with Gasteiger partial charge in [0, 0.05) is 0 Å². The first-order chi connectivity index (χ1) is 34.3. The molecule has 0 bridgehead atoms. The van der Waals surface area contributed by atoms with Gasteiger partial charge in [-0.1, -0.05) is 105 Å². The Balaban J connectivity index is 1.10. The summed E-state index contributed by atoms with van der Waals surface area (Å²) in [7, 11) is 1.74. The van der Waals surface area contributed by atoms with E-state index in [0.717, 1.165) is 11.1 Å². The molecule has 21 heteroatoms. The second-order valence-electron chi connectivity index (χ2n) is 17.9. The van der Waals surface area contributed by atoms with E-state index in [0.29, 0.717) is 17.9 Å². The molecular weight excluding hydrogens is 929 g/mol. The lowest BCUT2D eigenvalue weighted by Crippen LogP contribution is -2.65. The van der Waals surface area contributed by atoms with E-state index in [1.54, 1.807) is 75.5 Å². The smallest absolute Gasteiger partial charge is 0.407 e. The number of carbonyl (C=O) groups is 3. The van der Waals surface area contributed by atoms with Crippen molar-refractivity contribution in [1.29, 1.82) is 0 Å². The van der Waals surface area contributed by atoms with Gasteiger partial charge in [0.2, 0.25) is 6.29 Å². The molecule has 1 saturated carbocycles. The van der Waals surface area contributed by atoms with E-state index in [2.05, 4.69) is 21.3 Å². The molecule has 0 aromatic heterocycles. The number of carbonyl (C=O) groups excluding carboxylic acids is 3. The van der Waals surface area contributed by atoms with E-state index in [1.807, 2.05) is 42.5 Å². The third-order valence-corrected chi connectivity index (χ3v) is 12.8. The molecule has 71 heavy (non-hydrogen) atoms. The van der Waals surface area contributed by atoms with Crippen molar-refractivity contribution >= 4 is 18.3 Å². The third kappa shape index (κ3) is 14.2. The highest BCUT2D eigenvalue weighted by Gasteiger charge is 2.55. The number of aliphatic hydroxyl groups is 5. The number of aliphatic hydroxyl groups excluding tert-OH is 5. The average Bonchev–Trinajstić information content (AvgIpc) is 3.68. The first-order valence-corrected chi connectivity index (χ1v) is 23.9. The predicted octanol–water partition coefficient (Wildman–Crippen LogP) is 2.21. The zero-order valence-corrected chi connectivity index (χ0v) is 39.8. The first-order valence-electron chi connectivity index (χ1n) is 23.9. The number of alkyl carbamates (subject to hydrolysis) is 3. The maximum atomic E-state index is 13.2. The van der Waals surface area contributed by atoms with Crippen molar-refractivity contribution in [2.24, 2.45) is 5.92 Å². The Hall–Kier alpha value is -5.43. The van der Waals surface area contributed by atoms with Crippen molar-refractivity contribution in [1.82, 2.24) is 21.3 Å². The van der Waals surface area contributed by atoms with E-state index < -0.39 is 123 Å². The monoisotopic (exact) mass is 994 g/mol. The molecular formula is C50H66N4O17. The van der Waals surface area contributed by atoms with Crippen molar-refractivity contribution in [2.75, 3.05) is 20.2 Å². The number of hydrogen-bond acceptors (Lipinski definition) is 18. The number of rotatable bonds is 19. The lowest BCUT2D eigenvalue weighted by molar-refractivity contribution is -0.288. The summed E-state index contributed by atoms with van der Waals surface area (Å²) in [6.45, 7) is 2.96. The Bertz CT molecular complexity index is 2160. The predicted molar refractivity (Wildman–Crippen MR) is 249 cm³/mol. The van der Waals surface area contributed by atoms with Gasteiger partial charge in [0.25, 0.3) is 0 Å². The second kappa shape index (κ2) is 25.8. The van der Waals surface area contributed by atoms with Crippen LogP contribution in [0.5, 0.6) is 0 Å². The number of hydrogen-bond donors (Lipinski definition) is 9. The van der Waals surface area contributed by atoms with E-state index in [9.17, 15) is 39.9 Å². The topological polar surface area (TPSA) is 284 Å². The van der Waals surface area contributed by atoms with Gasteiger partial charge in [0.1, 0.15) is 74.3 Å². The van der Waals surface area contributed by atoms with Crippen molar-refractivity contribution in [3.63, 3.8) is 0 Å². The van der Waals surface area contributed by atoms with Crippen LogP contribution in [0.3, 0.4) is 0 Å². The minimum absolute atomic E-state index is 0.00681. The Morgan fingerprint density at radius 2 is 1.11 bits per heavy atom. The minimum atomic E-state index is -1.73. The van der Waals surface area contributed by atoms with Crippen LogP contribution in [0.4, 0.5) is 14.4 Å². The molecule has 3 aromatic rings. The zero-order valence-electron chi connectivity index (χ0n) is 39.8. The minimum Gasteiger partial charge on any atom is -0.466 e. The summed E-state index contributed by atoms with van der Waals surface area (Å²) in [5.41, 5.74) is 2.21. The van der Waals surface area contributed by atoms with E-state index in [4.69, 9.17) is 42.6 Å². The fourth-order valence-electron chi connectivity index (χ4n) is 8.99. The Morgan fingerprint density at radius 1 is 0.606 bits per heavy atom. The molecule has 3 amide bonds. The van der Waals surface area contributed by atoms with Crippen LogP contribution in [0.1, 0.15) is 49.8 Å². The summed E-state index contributed by atoms with van der Waals surface area (Å²) in [6.07, 6.45) is -17.0.